The fourth-order valence-corrected chi connectivity index (χ4v) is 6.07. The van der Waals surface area contributed by atoms with E-state index in [-0.39, 0.29) is 5.70 Å². The van der Waals surface area contributed by atoms with E-state index in [1.54, 1.807) is 0 Å². The Morgan fingerprint density at radius 3 is 2.31 bits per heavy atom. The van der Waals surface area contributed by atoms with Gasteiger partial charge >= 0.3 is 5.97 Å². The van der Waals surface area contributed by atoms with Crippen LogP contribution in [-0.2, 0) is 23.9 Å². The van der Waals surface area contributed by atoms with Crippen molar-refractivity contribution in [1.29, 1.82) is 0 Å². The fourth-order valence-electron chi connectivity index (χ4n) is 3.89. The second-order valence-electron chi connectivity index (χ2n) is 7.23. The molecule has 2 aromatic carbocycles. The van der Waals surface area contributed by atoms with E-state index in [1.807, 2.05) is 60.7 Å². The fraction of sp³-hybridized carbons (Fsp3) is 0.261. The molecule has 2 amide bonds. The van der Waals surface area contributed by atoms with Crippen molar-refractivity contribution in [2.75, 3.05) is 18.2 Å². The van der Waals surface area contributed by atoms with Crippen molar-refractivity contribution < 1.29 is 23.9 Å². The Hall–Kier alpha value is -2.62. The molecule has 32 heavy (non-hydrogen) atoms. The minimum absolute atomic E-state index is 0.188. The maximum absolute atomic E-state index is 13.5. The summed E-state index contributed by atoms with van der Waals surface area (Å²) in [4.78, 5) is 39.0. The van der Waals surface area contributed by atoms with Crippen LogP contribution in [0.4, 0.5) is 0 Å². The second-order valence-corrected chi connectivity index (χ2v) is 8.86. The first-order valence-corrected chi connectivity index (χ1v) is 12.0. The maximum atomic E-state index is 13.5. The first-order chi connectivity index (χ1) is 15.6. The van der Waals surface area contributed by atoms with Gasteiger partial charge in [0.25, 0.3) is 11.6 Å². The Morgan fingerprint density at radius 1 is 1.22 bits per heavy atom. The number of nitrogens with one attached hydrogen (secondary N) is 1. The monoisotopic (exact) mass is 516 g/mol. The molecule has 0 spiro atoms. The molecule has 166 valence electrons. The number of carbonyl (C=O) groups excluding carboxylic acids is 3. The van der Waals surface area contributed by atoms with Crippen LogP contribution < -0.4 is 5.32 Å². The number of alkyl halides is 1. The predicted octanol–water partition coefficient (Wildman–Crippen LogP) is 2.97. The van der Waals surface area contributed by atoms with Gasteiger partial charge in [0, 0.05) is 18.2 Å². The molecule has 2 aliphatic heterocycles. The number of β-lactam (4-membered cyclic amide) rings is 1. The lowest BCUT2D eigenvalue weighted by molar-refractivity contribution is -0.191. The van der Waals surface area contributed by atoms with Gasteiger partial charge in [0.05, 0.1) is 0 Å². The van der Waals surface area contributed by atoms with E-state index in [9.17, 15) is 14.4 Å². The van der Waals surface area contributed by atoms with Gasteiger partial charge in [-0.1, -0.05) is 76.6 Å². The van der Waals surface area contributed by atoms with Crippen molar-refractivity contribution in [3.8, 4) is 0 Å². The van der Waals surface area contributed by atoms with Crippen molar-refractivity contribution in [1.82, 2.24) is 10.2 Å². The normalized spacial score (nSPS) is 22.3. The Labute approximate surface area is 198 Å². The summed E-state index contributed by atoms with van der Waals surface area (Å²) in [5, 5.41) is 2.32. The number of carbonyl (C=O) groups is 3. The summed E-state index contributed by atoms with van der Waals surface area (Å²) < 4.78 is 11.4. The summed E-state index contributed by atoms with van der Waals surface area (Å²) in [6, 6.07) is 18.9. The molecule has 1 unspecified atom stereocenters. The highest BCUT2D eigenvalue weighted by Crippen LogP contribution is 2.47. The van der Waals surface area contributed by atoms with Crippen LogP contribution in [0.3, 0.4) is 0 Å². The number of hydrogen-bond donors (Lipinski definition) is 1. The van der Waals surface area contributed by atoms with Crippen molar-refractivity contribution >= 4 is 46.0 Å². The molecule has 0 aliphatic carbocycles. The van der Waals surface area contributed by atoms with E-state index in [1.165, 1.54) is 23.8 Å². The quantitative estimate of drug-likeness (QED) is 0.191. The van der Waals surface area contributed by atoms with E-state index in [0.717, 1.165) is 16.7 Å². The second kappa shape index (κ2) is 9.48. The largest absolute Gasteiger partial charge is 0.448 e. The highest BCUT2D eigenvalue weighted by molar-refractivity contribution is 9.09. The minimum Gasteiger partial charge on any atom is -0.448 e. The minimum atomic E-state index is -1.49. The molecular formula is C23H21BrN2O5S. The average Bonchev–Trinajstić information content (AvgIpc) is 2.85. The van der Waals surface area contributed by atoms with E-state index in [0.29, 0.717) is 17.5 Å². The standard InChI is InChI=1S/C23H21BrN2O5S/c1-30-23(25-14-27)21(29)26-18(17(12-24)13-32-22(23)26)20(28)31-19(15-8-4-2-5-9-15)16-10-6-3-7-11-16/h2-11,14,19,22H,12-13H2,1H3,(H,25,27)/t22-,23?/m0/s1. The molecular weight excluding hydrogens is 496 g/mol. The van der Waals surface area contributed by atoms with E-state index in [2.05, 4.69) is 21.2 Å². The van der Waals surface area contributed by atoms with Crippen LogP contribution in [0.5, 0.6) is 0 Å². The lowest BCUT2D eigenvalue weighted by Crippen LogP contribution is -2.79. The number of halogens is 1. The topological polar surface area (TPSA) is 84.9 Å². The van der Waals surface area contributed by atoms with Gasteiger partial charge in [0.1, 0.15) is 11.1 Å². The lowest BCUT2D eigenvalue weighted by atomic mass is 9.98. The Kier molecular flexibility index (Phi) is 6.68. The number of methoxy groups -OCH3 is 1. The molecule has 9 heteroatoms. The zero-order valence-corrected chi connectivity index (χ0v) is 19.6. The molecule has 7 nitrogen and oxygen atoms in total. The zero-order valence-electron chi connectivity index (χ0n) is 17.2. The summed E-state index contributed by atoms with van der Waals surface area (Å²) in [5.74, 6) is -0.630. The Morgan fingerprint density at radius 2 is 1.81 bits per heavy atom. The van der Waals surface area contributed by atoms with Gasteiger partial charge in [-0.05, 0) is 16.7 Å². The molecule has 2 atom stereocenters. The van der Waals surface area contributed by atoms with Crippen LogP contribution in [-0.4, -0.2) is 52.5 Å². The van der Waals surface area contributed by atoms with Crippen LogP contribution in [0.1, 0.15) is 17.2 Å². The van der Waals surface area contributed by atoms with Crippen LogP contribution in [0.25, 0.3) is 0 Å². The van der Waals surface area contributed by atoms with Crippen LogP contribution in [0.2, 0.25) is 0 Å². The summed E-state index contributed by atoms with van der Waals surface area (Å²) in [6.07, 6.45) is -0.208. The molecule has 1 fully saturated rings. The van der Waals surface area contributed by atoms with Gasteiger partial charge < -0.3 is 14.8 Å². The first kappa shape index (κ1) is 22.6. The molecule has 0 bridgehead atoms. The summed E-state index contributed by atoms with van der Waals surface area (Å²) in [6.45, 7) is 0. The van der Waals surface area contributed by atoms with E-state index in [4.69, 9.17) is 9.47 Å². The first-order valence-electron chi connectivity index (χ1n) is 9.88. The Bertz CT molecular complexity index is 1010. The number of esters is 1. The van der Waals surface area contributed by atoms with Gasteiger partial charge in [-0.25, -0.2) is 4.79 Å². The molecule has 0 aromatic heterocycles. The average molecular weight is 517 g/mol. The summed E-state index contributed by atoms with van der Waals surface area (Å²) in [7, 11) is 1.36. The lowest BCUT2D eigenvalue weighted by Gasteiger charge is -2.55. The number of benzene rings is 2. The SMILES string of the molecule is COC1(NC=O)C(=O)N2C(C(=O)OC(c3ccccc3)c3ccccc3)=C(CBr)CS[C@H]21. The summed E-state index contributed by atoms with van der Waals surface area (Å²) >= 11 is 4.84. The predicted molar refractivity (Wildman–Crippen MR) is 124 cm³/mol. The van der Waals surface area contributed by atoms with Crippen molar-refractivity contribution in [2.45, 2.75) is 17.2 Å². The third-order valence-corrected chi connectivity index (χ3v) is 7.54. The van der Waals surface area contributed by atoms with Crippen molar-refractivity contribution in [3.05, 3.63) is 83.1 Å². The molecule has 1 saturated heterocycles. The highest BCUT2D eigenvalue weighted by Gasteiger charge is 2.66. The zero-order chi connectivity index (χ0) is 22.7. The smallest absolute Gasteiger partial charge is 0.356 e. The molecule has 0 radical (unpaired) electrons. The number of fused-ring (bicyclic) bond motifs is 1. The third kappa shape index (κ3) is 3.74. The number of amides is 2. The molecule has 0 saturated carbocycles. The number of hydrogen-bond acceptors (Lipinski definition) is 6. The van der Waals surface area contributed by atoms with Crippen LogP contribution >= 0.6 is 27.7 Å². The Balaban J connectivity index is 1.68. The van der Waals surface area contributed by atoms with Crippen LogP contribution in [0, 0.1) is 0 Å². The number of nitrogens with zero attached hydrogens (tertiary/aromatic N) is 1. The van der Waals surface area contributed by atoms with Crippen molar-refractivity contribution in [3.63, 3.8) is 0 Å². The van der Waals surface area contributed by atoms with E-state index < -0.39 is 29.1 Å². The maximum Gasteiger partial charge on any atom is 0.356 e. The van der Waals surface area contributed by atoms with Gasteiger partial charge in [-0.2, -0.15) is 0 Å². The van der Waals surface area contributed by atoms with E-state index >= 15 is 0 Å². The number of thioether (sulfide) groups is 1. The molecule has 2 aromatic rings. The molecule has 2 heterocycles. The summed E-state index contributed by atoms with van der Waals surface area (Å²) in [5.41, 5.74) is 1.07. The van der Waals surface area contributed by atoms with Gasteiger partial charge in [-0.3, -0.25) is 14.5 Å². The third-order valence-electron chi connectivity index (χ3n) is 5.49. The number of ether oxygens (including phenoxy) is 2. The van der Waals surface area contributed by atoms with Gasteiger partial charge in [-0.15, -0.1) is 11.8 Å². The number of rotatable bonds is 8. The molecule has 4 rings (SSSR count). The van der Waals surface area contributed by atoms with Crippen molar-refractivity contribution in [2.24, 2.45) is 0 Å². The van der Waals surface area contributed by atoms with Gasteiger partial charge in [0.15, 0.2) is 6.10 Å². The van der Waals surface area contributed by atoms with Crippen LogP contribution in [0.15, 0.2) is 71.9 Å². The molecule has 2 aliphatic rings. The molecule has 1 N–H and O–H groups in total. The highest BCUT2D eigenvalue weighted by atomic mass is 79.9. The van der Waals surface area contributed by atoms with Gasteiger partial charge in [0.2, 0.25) is 6.41 Å².